The number of aryl methyl sites for hydroxylation is 1. The van der Waals surface area contributed by atoms with E-state index in [1.807, 2.05) is 12.4 Å². The highest BCUT2D eigenvalue weighted by Gasteiger charge is 2.55. The van der Waals surface area contributed by atoms with Gasteiger partial charge in [-0.3, -0.25) is 4.98 Å². The summed E-state index contributed by atoms with van der Waals surface area (Å²) in [6, 6.07) is 14.9. The molecule has 0 unspecified atom stereocenters. The lowest BCUT2D eigenvalue weighted by molar-refractivity contribution is -0.127. The highest BCUT2D eigenvalue weighted by Crippen LogP contribution is 2.50. The molecule has 3 aromatic rings. The minimum absolute atomic E-state index is 0.0190. The number of nitrogens with zero attached hydrogens (tertiary/aromatic N) is 3. The minimum atomic E-state index is -1.09. The maximum atomic E-state index is 12.4. The summed E-state index contributed by atoms with van der Waals surface area (Å²) in [7, 11) is 2.11. The van der Waals surface area contributed by atoms with Gasteiger partial charge in [-0.2, -0.15) is 0 Å². The summed E-state index contributed by atoms with van der Waals surface area (Å²) in [4.78, 5) is 6.86. The van der Waals surface area contributed by atoms with Crippen LogP contribution in [0.25, 0.3) is 0 Å². The summed E-state index contributed by atoms with van der Waals surface area (Å²) in [5, 5.41) is 12.4. The molecule has 1 aliphatic heterocycles. The van der Waals surface area contributed by atoms with Gasteiger partial charge in [-0.1, -0.05) is 45.0 Å². The molecule has 1 fully saturated rings. The van der Waals surface area contributed by atoms with Crippen LogP contribution in [0.2, 0.25) is 0 Å². The third kappa shape index (κ3) is 4.39. The molecule has 4 nitrogen and oxygen atoms in total. The predicted octanol–water partition coefficient (Wildman–Crippen LogP) is 5.56. The van der Waals surface area contributed by atoms with Gasteiger partial charge in [0.05, 0.1) is 0 Å². The average molecular weight is 446 g/mol. The molecule has 2 aromatic heterocycles. The van der Waals surface area contributed by atoms with Gasteiger partial charge in [-0.25, -0.2) is 0 Å². The summed E-state index contributed by atoms with van der Waals surface area (Å²) < 4.78 is 2.27. The van der Waals surface area contributed by atoms with Crippen molar-refractivity contribution in [3.8, 4) is 0 Å². The molecule has 33 heavy (non-hydrogen) atoms. The number of hydrogen-bond donors (Lipinski definition) is 1. The Balaban J connectivity index is 1.67. The van der Waals surface area contributed by atoms with Gasteiger partial charge < -0.3 is 14.6 Å². The van der Waals surface area contributed by atoms with Gasteiger partial charge in [0, 0.05) is 54.4 Å². The van der Waals surface area contributed by atoms with Crippen molar-refractivity contribution in [2.75, 3.05) is 20.1 Å². The van der Waals surface area contributed by atoms with Crippen LogP contribution in [-0.2, 0) is 17.6 Å². The molecule has 0 aliphatic carbocycles. The first kappa shape index (κ1) is 23.7. The molecule has 4 rings (SSSR count). The van der Waals surface area contributed by atoms with E-state index in [1.54, 1.807) is 0 Å². The Bertz CT molecular complexity index is 1060. The maximum absolute atomic E-state index is 12.4. The zero-order valence-corrected chi connectivity index (χ0v) is 21.0. The van der Waals surface area contributed by atoms with Crippen LogP contribution in [0.5, 0.6) is 0 Å². The predicted molar refractivity (Wildman–Crippen MR) is 135 cm³/mol. The molecule has 4 heteroatoms. The van der Waals surface area contributed by atoms with Crippen molar-refractivity contribution in [2.45, 2.75) is 64.5 Å². The van der Waals surface area contributed by atoms with E-state index in [2.05, 4.69) is 111 Å². The van der Waals surface area contributed by atoms with Crippen molar-refractivity contribution in [1.82, 2.24) is 14.5 Å². The molecule has 0 spiro atoms. The SMILES string of the molecule is CC(C)c1ccc([C@](O)(c2cncc(CCC(C)(C)n3cccc3)c2)C2(C)CN(C)C2)cc1. The summed E-state index contributed by atoms with van der Waals surface area (Å²) in [5.41, 5.74) is 2.96. The number of aromatic nitrogens is 2. The topological polar surface area (TPSA) is 41.3 Å². The molecular weight excluding hydrogens is 406 g/mol. The number of hydrogen-bond acceptors (Lipinski definition) is 3. The lowest BCUT2D eigenvalue weighted by Crippen LogP contribution is -2.63. The second-order valence-corrected chi connectivity index (χ2v) is 11.2. The fraction of sp³-hybridized carbons (Fsp3) is 0.483. The fourth-order valence-corrected chi connectivity index (χ4v) is 5.49. The molecule has 1 N–H and O–H groups in total. The summed E-state index contributed by atoms with van der Waals surface area (Å²) >= 11 is 0. The Hall–Kier alpha value is -2.43. The quantitative estimate of drug-likeness (QED) is 0.493. The third-order valence-electron chi connectivity index (χ3n) is 7.65. The van der Waals surface area contributed by atoms with E-state index < -0.39 is 5.60 Å². The van der Waals surface area contributed by atoms with E-state index in [0.29, 0.717) is 5.92 Å². The highest BCUT2D eigenvalue weighted by atomic mass is 16.3. The number of aliphatic hydroxyl groups is 1. The Kier molecular flexibility index (Phi) is 6.28. The normalized spacial score (nSPS) is 18.2. The van der Waals surface area contributed by atoms with E-state index >= 15 is 0 Å². The van der Waals surface area contributed by atoms with E-state index in [1.165, 1.54) is 11.1 Å². The first-order valence-electron chi connectivity index (χ1n) is 12.1. The van der Waals surface area contributed by atoms with Crippen molar-refractivity contribution in [2.24, 2.45) is 5.41 Å². The summed E-state index contributed by atoms with van der Waals surface area (Å²) in [6.45, 7) is 12.8. The molecule has 0 bridgehead atoms. The number of pyridine rings is 1. The number of rotatable bonds is 8. The maximum Gasteiger partial charge on any atom is 0.124 e. The largest absolute Gasteiger partial charge is 0.380 e. The Morgan fingerprint density at radius 1 is 1.03 bits per heavy atom. The molecule has 1 aliphatic rings. The zero-order valence-electron chi connectivity index (χ0n) is 21.0. The molecule has 1 aromatic carbocycles. The molecule has 0 saturated carbocycles. The van der Waals surface area contributed by atoms with Crippen molar-refractivity contribution in [1.29, 1.82) is 0 Å². The Labute approximate surface area is 199 Å². The van der Waals surface area contributed by atoms with Crippen LogP contribution in [0.4, 0.5) is 0 Å². The van der Waals surface area contributed by atoms with Crippen LogP contribution in [0.1, 0.15) is 69.2 Å². The van der Waals surface area contributed by atoms with Gasteiger partial charge in [0.1, 0.15) is 5.60 Å². The van der Waals surface area contributed by atoms with Crippen LogP contribution in [0.15, 0.2) is 67.3 Å². The molecule has 3 heterocycles. The molecule has 1 atom stereocenters. The Morgan fingerprint density at radius 3 is 2.24 bits per heavy atom. The van der Waals surface area contributed by atoms with Crippen LogP contribution in [0, 0.1) is 5.41 Å². The van der Waals surface area contributed by atoms with E-state index in [9.17, 15) is 5.11 Å². The Morgan fingerprint density at radius 2 is 1.67 bits per heavy atom. The van der Waals surface area contributed by atoms with Crippen molar-refractivity contribution < 1.29 is 5.11 Å². The van der Waals surface area contributed by atoms with Crippen LogP contribution < -0.4 is 0 Å². The summed E-state index contributed by atoms with van der Waals surface area (Å²) in [6.07, 6.45) is 9.97. The smallest absolute Gasteiger partial charge is 0.124 e. The molecule has 0 amide bonds. The van der Waals surface area contributed by atoms with Gasteiger partial charge in [0.15, 0.2) is 0 Å². The second-order valence-electron chi connectivity index (χ2n) is 11.2. The third-order valence-corrected chi connectivity index (χ3v) is 7.65. The van der Waals surface area contributed by atoms with Gasteiger partial charge in [-0.15, -0.1) is 0 Å². The van der Waals surface area contributed by atoms with Crippen molar-refractivity contribution in [3.05, 3.63) is 89.5 Å². The first-order chi connectivity index (χ1) is 15.5. The summed E-state index contributed by atoms with van der Waals surface area (Å²) in [5.74, 6) is 0.464. The average Bonchev–Trinajstić information content (AvgIpc) is 3.32. The van der Waals surface area contributed by atoms with Crippen LogP contribution in [-0.4, -0.2) is 39.7 Å². The molecule has 176 valence electrons. The van der Waals surface area contributed by atoms with Gasteiger partial charge in [0.2, 0.25) is 0 Å². The fourth-order valence-electron chi connectivity index (χ4n) is 5.49. The highest BCUT2D eigenvalue weighted by molar-refractivity contribution is 5.42. The van der Waals surface area contributed by atoms with E-state index in [0.717, 1.165) is 37.1 Å². The van der Waals surface area contributed by atoms with Gasteiger partial charge in [-0.05, 0) is 74.5 Å². The standard InChI is InChI=1S/C29H39N3O/c1-22(2)24-9-11-25(12-10-24)29(33,28(5)20-31(6)21-28)26-17-23(18-30-19-26)13-14-27(3,4)32-15-7-8-16-32/h7-12,15-19,22,33H,13-14,20-21H2,1-6H3/t29-/m0/s1. The van der Waals surface area contributed by atoms with Crippen LogP contribution in [0.3, 0.4) is 0 Å². The molecule has 0 radical (unpaired) electrons. The van der Waals surface area contributed by atoms with Crippen molar-refractivity contribution >= 4 is 0 Å². The van der Waals surface area contributed by atoms with E-state index in [4.69, 9.17) is 0 Å². The van der Waals surface area contributed by atoms with Gasteiger partial charge >= 0.3 is 0 Å². The molecular formula is C29H39N3O. The van der Waals surface area contributed by atoms with E-state index in [-0.39, 0.29) is 11.0 Å². The van der Waals surface area contributed by atoms with Crippen LogP contribution >= 0.6 is 0 Å². The number of benzene rings is 1. The second kappa shape index (κ2) is 8.73. The van der Waals surface area contributed by atoms with Crippen molar-refractivity contribution in [3.63, 3.8) is 0 Å². The minimum Gasteiger partial charge on any atom is -0.380 e. The first-order valence-corrected chi connectivity index (χ1v) is 12.1. The lowest BCUT2D eigenvalue weighted by atomic mass is 9.62. The molecule has 1 saturated heterocycles. The van der Waals surface area contributed by atoms with Gasteiger partial charge in [0.25, 0.3) is 0 Å². The zero-order chi connectivity index (χ0) is 23.9. The number of likely N-dealkylation sites (tertiary alicyclic amines) is 1. The monoisotopic (exact) mass is 445 g/mol. The lowest BCUT2D eigenvalue weighted by Gasteiger charge is -2.56.